The number of anilines is 1. The molecular weight excluding hydrogens is 412 g/mol. The molecule has 5 heteroatoms. The maximum Gasteiger partial charge on any atom is 0.261 e. The number of fused-ring (bicyclic) bond motifs is 2. The van der Waals surface area contributed by atoms with Crippen molar-refractivity contribution >= 4 is 55.0 Å². The molecule has 0 saturated carbocycles. The number of halogens is 1. The monoisotopic (exact) mass is 428 g/mol. The van der Waals surface area contributed by atoms with E-state index in [4.69, 9.17) is 16.6 Å². The first kappa shape index (κ1) is 18.8. The van der Waals surface area contributed by atoms with Gasteiger partial charge in [-0.1, -0.05) is 95.7 Å². The zero-order chi connectivity index (χ0) is 20.5. The number of thiazole rings is 1. The molecule has 0 radical (unpaired) electrons. The molecule has 0 aliphatic rings. The summed E-state index contributed by atoms with van der Waals surface area (Å²) in [6.07, 6.45) is 0. The molecule has 0 spiro atoms. The first-order chi connectivity index (χ1) is 14.7. The van der Waals surface area contributed by atoms with Crippen LogP contribution in [0.5, 0.6) is 0 Å². The van der Waals surface area contributed by atoms with Gasteiger partial charge in [0.25, 0.3) is 5.91 Å². The first-order valence-corrected chi connectivity index (χ1v) is 10.8. The second kappa shape index (κ2) is 7.90. The minimum Gasteiger partial charge on any atom is -0.279 e. The lowest BCUT2D eigenvalue weighted by Crippen LogP contribution is -2.30. The molecule has 4 aromatic carbocycles. The molecule has 1 amide bonds. The van der Waals surface area contributed by atoms with Crippen LogP contribution >= 0.6 is 22.9 Å². The van der Waals surface area contributed by atoms with Gasteiger partial charge >= 0.3 is 0 Å². The Morgan fingerprint density at radius 2 is 1.60 bits per heavy atom. The van der Waals surface area contributed by atoms with Gasteiger partial charge in [0.15, 0.2) is 5.13 Å². The van der Waals surface area contributed by atoms with Crippen molar-refractivity contribution in [2.75, 3.05) is 4.90 Å². The van der Waals surface area contributed by atoms with Gasteiger partial charge in [-0.2, -0.15) is 0 Å². The van der Waals surface area contributed by atoms with Crippen LogP contribution in [-0.2, 0) is 6.54 Å². The number of hydrogen-bond donors (Lipinski definition) is 0. The lowest BCUT2D eigenvalue weighted by molar-refractivity contribution is 0.0986. The van der Waals surface area contributed by atoms with Gasteiger partial charge in [-0.25, -0.2) is 4.98 Å². The number of benzene rings is 4. The van der Waals surface area contributed by atoms with E-state index >= 15 is 0 Å². The molecule has 30 heavy (non-hydrogen) atoms. The van der Waals surface area contributed by atoms with Crippen LogP contribution in [0.25, 0.3) is 21.0 Å². The van der Waals surface area contributed by atoms with Crippen molar-refractivity contribution in [3.63, 3.8) is 0 Å². The summed E-state index contributed by atoms with van der Waals surface area (Å²) in [6.45, 7) is 0.431. The summed E-state index contributed by atoms with van der Waals surface area (Å²) in [7, 11) is 0. The van der Waals surface area contributed by atoms with E-state index in [2.05, 4.69) is 0 Å². The van der Waals surface area contributed by atoms with Crippen molar-refractivity contribution in [1.29, 1.82) is 0 Å². The van der Waals surface area contributed by atoms with Crippen molar-refractivity contribution < 1.29 is 4.79 Å². The molecule has 5 rings (SSSR count). The molecule has 0 bridgehead atoms. The smallest absolute Gasteiger partial charge is 0.261 e. The van der Waals surface area contributed by atoms with Gasteiger partial charge < -0.3 is 0 Å². The second-order valence-corrected chi connectivity index (χ2v) is 8.40. The fourth-order valence-corrected chi connectivity index (χ4v) is 4.83. The van der Waals surface area contributed by atoms with Gasteiger partial charge in [-0.15, -0.1) is 0 Å². The fourth-order valence-electron chi connectivity index (χ4n) is 3.57. The SMILES string of the molecule is O=C(c1cccc2ccccc12)N(Cc1ccccc1)c1nc2c(Cl)cccc2s1. The standard InChI is InChI=1S/C25H17ClN2OS/c26-21-14-7-15-22-23(21)27-25(30-22)28(16-17-8-2-1-3-9-17)24(29)20-13-6-11-18-10-4-5-12-19(18)20/h1-15H,16H2. The van der Waals surface area contributed by atoms with Crippen LogP contribution in [-0.4, -0.2) is 10.9 Å². The molecule has 0 atom stereocenters. The molecule has 3 nitrogen and oxygen atoms in total. The summed E-state index contributed by atoms with van der Waals surface area (Å²) >= 11 is 7.83. The molecule has 5 aromatic rings. The number of nitrogens with zero attached hydrogens (tertiary/aromatic N) is 2. The third-order valence-corrected chi connectivity index (χ3v) is 6.39. The highest BCUT2D eigenvalue weighted by Gasteiger charge is 2.23. The highest BCUT2D eigenvalue weighted by Crippen LogP contribution is 2.34. The average molecular weight is 429 g/mol. The number of amides is 1. The topological polar surface area (TPSA) is 33.2 Å². The van der Waals surface area contributed by atoms with Crippen molar-refractivity contribution in [3.05, 3.63) is 107 Å². The highest BCUT2D eigenvalue weighted by atomic mass is 35.5. The Kier molecular flexibility index (Phi) is 4.95. The Morgan fingerprint density at radius 3 is 2.43 bits per heavy atom. The van der Waals surface area contributed by atoms with Crippen molar-refractivity contribution in [1.82, 2.24) is 4.98 Å². The molecular formula is C25H17ClN2OS. The van der Waals surface area contributed by atoms with Crippen LogP contribution in [0.15, 0.2) is 91.0 Å². The van der Waals surface area contributed by atoms with E-state index in [1.54, 1.807) is 4.90 Å². The molecule has 0 saturated heterocycles. The minimum absolute atomic E-state index is 0.0779. The summed E-state index contributed by atoms with van der Waals surface area (Å²) in [5.74, 6) is -0.0779. The lowest BCUT2D eigenvalue weighted by atomic mass is 10.0. The highest BCUT2D eigenvalue weighted by molar-refractivity contribution is 7.22. The van der Waals surface area contributed by atoms with E-state index in [1.807, 2.05) is 91.0 Å². The molecule has 146 valence electrons. The molecule has 0 aliphatic carbocycles. The van der Waals surface area contributed by atoms with Crippen molar-refractivity contribution in [2.24, 2.45) is 0 Å². The molecule has 0 unspecified atom stereocenters. The van der Waals surface area contributed by atoms with Crippen LogP contribution in [0, 0.1) is 0 Å². The van der Waals surface area contributed by atoms with E-state index in [0.717, 1.165) is 26.6 Å². The summed E-state index contributed by atoms with van der Waals surface area (Å²) in [5, 5.41) is 3.20. The Labute approximate surface area is 183 Å². The first-order valence-electron chi connectivity index (χ1n) is 9.59. The fraction of sp³-hybridized carbons (Fsp3) is 0.0400. The largest absolute Gasteiger partial charge is 0.279 e. The summed E-state index contributed by atoms with van der Waals surface area (Å²) in [4.78, 5) is 20.3. The van der Waals surface area contributed by atoms with Crippen LogP contribution in [0.2, 0.25) is 5.02 Å². The predicted molar refractivity (Wildman–Crippen MR) is 126 cm³/mol. The van der Waals surface area contributed by atoms with Gasteiger partial charge in [0.2, 0.25) is 0 Å². The minimum atomic E-state index is -0.0779. The number of carbonyl (C=O) groups is 1. The Bertz CT molecular complexity index is 1360. The van der Waals surface area contributed by atoms with E-state index in [1.165, 1.54) is 11.3 Å². The Balaban J connectivity index is 1.65. The third-order valence-electron chi connectivity index (χ3n) is 5.04. The van der Waals surface area contributed by atoms with Gasteiger partial charge in [0, 0.05) is 5.56 Å². The van der Waals surface area contributed by atoms with Crippen LogP contribution in [0.1, 0.15) is 15.9 Å². The van der Waals surface area contributed by atoms with Crippen molar-refractivity contribution in [2.45, 2.75) is 6.54 Å². The molecule has 1 aromatic heterocycles. The predicted octanol–water partition coefficient (Wildman–Crippen LogP) is 6.95. The third kappa shape index (κ3) is 3.45. The zero-order valence-corrected chi connectivity index (χ0v) is 17.5. The van der Waals surface area contributed by atoms with E-state index in [9.17, 15) is 4.79 Å². The maximum atomic E-state index is 13.8. The van der Waals surface area contributed by atoms with E-state index in [0.29, 0.717) is 22.3 Å². The van der Waals surface area contributed by atoms with E-state index < -0.39 is 0 Å². The van der Waals surface area contributed by atoms with Crippen LogP contribution < -0.4 is 4.90 Å². The number of carbonyl (C=O) groups excluding carboxylic acids is 1. The maximum absolute atomic E-state index is 13.8. The zero-order valence-electron chi connectivity index (χ0n) is 16.0. The van der Waals surface area contributed by atoms with Crippen LogP contribution in [0.4, 0.5) is 5.13 Å². The molecule has 1 heterocycles. The Hall–Kier alpha value is -3.21. The van der Waals surface area contributed by atoms with Gasteiger partial charge in [-0.3, -0.25) is 9.69 Å². The van der Waals surface area contributed by atoms with Gasteiger partial charge in [0.05, 0.1) is 16.3 Å². The normalized spacial score (nSPS) is 11.1. The molecule has 0 fully saturated rings. The Morgan fingerprint density at radius 1 is 0.867 bits per heavy atom. The summed E-state index contributed by atoms with van der Waals surface area (Å²) < 4.78 is 0.960. The van der Waals surface area contributed by atoms with Crippen LogP contribution in [0.3, 0.4) is 0 Å². The molecule has 0 N–H and O–H groups in total. The average Bonchev–Trinajstić information content (AvgIpc) is 3.23. The summed E-state index contributed by atoms with van der Waals surface area (Å²) in [5.41, 5.74) is 2.42. The number of hydrogen-bond acceptors (Lipinski definition) is 3. The van der Waals surface area contributed by atoms with Gasteiger partial charge in [-0.05, 0) is 34.5 Å². The van der Waals surface area contributed by atoms with Crippen molar-refractivity contribution in [3.8, 4) is 0 Å². The van der Waals surface area contributed by atoms with Gasteiger partial charge in [0.1, 0.15) is 5.52 Å². The second-order valence-electron chi connectivity index (χ2n) is 6.99. The number of rotatable bonds is 4. The summed E-state index contributed by atoms with van der Waals surface area (Å²) in [6, 6.07) is 29.4. The van der Waals surface area contributed by atoms with E-state index in [-0.39, 0.29) is 5.91 Å². The molecule has 0 aliphatic heterocycles. The number of para-hydroxylation sites is 1. The lowest BCUT2D eigenvalue weighted by Gasteiger charge is -2.21. The number of aromatic nitrogens is 1. The quantitative estimate of drug-likeness (QED) is 0.310.